The maximum atomic E-state index is 9.72. The lowest BCUT2D eigenvalue weighted by Crippen LogP contribution is -2.28. The van der Waals surface area contributed by atoms with Crippen molar-refractivity contribution in [3.05, 3.63) is 42.1 Å². The monoisotopic (exact) mass is 408 g/mol. The maximum Gasteiger partial charge on any atom is 0.154 e. The van der Waals surface area contributed by atoms with Gasteiger partial charge in [-0.1, -0.05) is 0 Å². The van der Waals surface area contributed by atoms with Crippen molar-refractivity contribution in [2.45, 2.75) is 44.8 Å². The van der Waals surface area contributed by atoms with Crippen LogP contribution in [-0.2, 0) is 0 Å². The van der Waals surface area contributed by atoms with Gasteiger partial charge in [-0.2, -0.15) is 0 Å². The number of nitrogens with zero attached hydrogens (tertiary/aromatic N) is 3. The molecule has 1 aliphatic rings. The molecule has 7 heteroatoms. The molecule has 0 spiro atoms. The number of fused-ring (bicyclic) bond motifs is 2. The number of hydrogen-bond acceptors (Lipinski definition) is 6. The Labute approximate surface area is 173 Å². The number of ether oxygens (including phenoxy) is 1. The summed E-state index contributed by atoms with van der Waals surface area (Å²) in [5.74, 6) is 1.75. The fraction of sp³-hybridized carbons (Fsp3) is 0.364. The van der Waals surface area contributed by atoms with Crippen molar-refractivity contribution >= 4 is 32.9 Å². The molecule has 5 rings (SSSR count). The van der Waals surface area contributed by atoms with Crippen molar-refractivity contribution in [3.63, 3.8) is 0 Å². The van der Waals surface area contributed by atoms with E-state index in [4.69, 9.17) is 9.84 Å². The first kappa shape index (κ1) is 18.4. The molecule has 1 aromatic carbocycles. The van der Waals surface area contributed by atoms with E-state index in [-0.39, 0.29) is 6.10 Å². The van der Waals surface area contributed by atoms with E-state index in [1.807, 2.05) is 22.8 Å². The average molecular weight is 409 g/mol. The van der Waals surface area contributed by atoms with Gasteiger partial charge in [-0.15, -0.1) is 16.4 Å². The zero-order chi connectivity index (χ0) is 20.0. The van der Waals surface area contributed by atoms with Crippen LogP contribution in [0.1, 0.15) is 31.2 Å². The quantitative estimate of drug-likeness (QED) is 0.515. The van der Waals surface area contributed by atoms with Crippen LogP contribution >= 0.6 is 11.3 Å². The lowest BCUT2D eigenvalue weighted by molar-refractivity contribution is 0.126. The number of benzene rings is 1. The van der Waals surface area contributed by atoms with E-state index in [1.165, 1.54) is 10.1 Å². The Morgan fingerprint density at radius 3 is 2.79 bits per heavy atom. The molecule has 0 unspecified atom stereocenters. The van der Waals surface area contributed by atoms with Crippen molar-refractivity contribution in [1.82, 2.24) is 14.6 Å². The minimum Gasteiger partial charge on any atom is -0.496 e. The van der Waals surface area contributed by atoms with E-state index in [0.717, 1.165) is 59.0 Å². The summed E-state index contributed by atoms with van der Waals surface area (Å²) in [5.41, 5.74) is 2.95. The molecule has 1 aliphatic carbocycles. The van der Waals surface area contributed by atoms with Gasteiger partial charge in [0.15, 0.2) is 5.65 Å². The standard InChI is InChI=1S/C22H24N4O2S/c1-13-9-14-10-20(29-19(14)11-18(13)28-2)17-12-23-22-8-7-21(25-26(17)22)24-15-3-5-16(27)6-4-15/h7-12,15-16,27H,3-6H2,1-2H3,(H,24,25)/t15-,16-. The van der Waals surface area contributed by atoms with Gasteiger partial charge in [-0.3, -0.25) is 0 Å². The number of rotatable bonds is 4. The Bertz CT molecular complexity index is 1170. The molecule has 29 heavy (non-hydrogen) atoms. The zero-order valence-corrected chi connectivity index (χ0v) is 17.4. The summed E-state index contributed by atoms with van der Waals surface area (Å²) in [6, 6.07) is 10.8. The number of methoxy groups -OCH3 is 1. The molecule has 0 bridgehead atoms. The fourth-order valence-corrected chi connectivity index (χ4v) is 5.14. The smallest absolute Gasteiger partial charge is 0.154 e. The fourth-order valence-electron chi connectivity index (χ4n) is 4.08. The number of anilines is 1. The highest BCUT2D eigenvalue weighted by molar-refractivity contribution is 7.22. The second kappa shape index (κ2) is 7.31. The molecule has 0 atom stereocenters. The number of aliphatic hydroxyl groups is 1. The molecule has 4 aromatic rings. The Balaban J connectivity index is 1.49. The Morgan fingerprint density at radius 1 is 1.17 bits per heavy atom. The lowest BCUT2D eigenvalue weighted by atomic mass is 9.93. The van der Waals surface area contributed by atoms with Crippen molar-refractivity contribution in [2.75, 3.05) is 12.4 Å². The minimum atomic E-state index is -0.154. The van der Waals surface area contributed by atoms with E-state index in [0.29, 0.717) is 6.04 Å². The summed E-state index contributed by atoms with van der Waals surface area (Å²) in [6.07, 6.45) is 5.36. The van der Waals surface area contributed by atoms with E-state index in [1.54, 1.807) is 18.4 Å². The largest absolute Gasteiger partial charge is 0.496 e. The van der Waals surface area contributed by atoms with Crippen LogP contribution in [0.15, 0.2) is 36.5 Å². The van der Waals surface area contributed by atoms with E-state index in [2.05, 4.69) is 35.4 Å². The van der Waals surface area contributed by atoms with Gasteiger partial charge in [0.25, 0.3) is 0 Å². The predicted molar refractivity (Wildman–Crippen MR) is 117 cm³/mol. The van der Waals surface area contributed by atoms with Crippen LogP contribution in [0.4, 0.5) is 5.82 Å². The second-order valence-corrected chi connectivity index (χ2v) is 8.84. The van der Waals surface area contributed by atoms with Gasteiger partial charge in [0.05, 0.1) is 24.3 Å². The third kappa shape index (κ3) is 3.45. The van der Waals surface area contributed by atoms with Crippen LogP contribution < -0.4 is 10.1 Å². The van der Waals surface area contributed by atoms with Gasteiger partial charge < -0.3 is 15.2 Å². The first-order valence-electron chi connectivity index (χ1n) is 9.98. The summed E-state index contributed by atoms with van der Waals surface area (Å²) in [6.45, 7) is 2.06. The molecule has 6 nitrogen and oxygen atoms in total. The molecule has 1 fully saturated rings. The lowest BCUT2D eigenvalue weighted by Gasteiger charge is -2.26. The second-order valence-electron chi connectivity index (χ2n) is 7.75. The molecular formula is C22H24N4O2S. The number of imidazole rings is 1. The van der Waals surface area contributed by atoms with Crippen LogP contribution in [-0.4, -0.2) is 39.0 Å². The molecule has 0 aliphatic heterocycles. The summed E-state index contributed by atoms with van der Waals surface area (Å²) in [4.78, 5) is 5.67. The maximum absolute atomic E-state index is 9.72. The zero-order valence-electron chi connectivity index (χ0n) is 16.6. The highest BCUT2D eigenvalue weighted by Crippen LogP contribution is 2.37. The van der Waals surface area contributed by atoms with Crippen LogP contribution in [0.5, 0.6) is 5.75 Å². The Morgan fingerprint density at radius 2 is 2.00 bits per heavy atom. The van der Waals surface area contributed by atoms with Crippen molar-refractivity contribution in [2.24, 2.45) is 0 Å². The Kier molecular flexibility index (Phi) is 4.64. The van der Waals surface area contributed by atoms with Gasteiger partial charge in [-0.05, 0) is 73.9 Å². The van der Waals surface area contributed by atoms with Crippen LogP contribution in [0.2, 0.25) is 0 Å². The molecule has 0 radical (unpaired) electrons. The minimum absolute atomic E-state index is 0.154. The molecule has 0 saturated heterocycles. The van der Waals surface area contributed by atoms with Gasteiger partial charge in [0.2, 0.25) is 0 Å². The summed E-state index contributed by atoms with van der Waals surface area (Å²) in [7, 11) is 1.71. The molecular weight excluding hydrogens is 384 g/mol. The molecule has 1 saturated carbocycles. The highest BCUT2D eigenvalue weighted by atomic mass is 32.1. The van der Waals surface area contributed by atoms with Crippen molar-refractivity contribution in [1.29, 1.82) is 0 Å². The number of aryl methyl sites for hydroxylation is 1. The van der Waals surface area contributed by atoms with E-state index < -0.39 is 0 Å². The molecule has 150 valence electrons. The topological polar surface area (TPSA) is 71.7 Å². The SMILES string of the molecule is COc1cc2sc(-c3cnc4ccc(N[C@H]5CC[C@H](O)CC5)nn34)cc2cc1C. The summed E-state index contributed by atoms with van der Waals surface area (Å²) in [5, 5.41) is 19.3. The molecule has 0 amide bonds. The predicted octanol–water partition coefficient (Wildman–Crippen LogP) is 4.64. The van der Waals surface area contributed by atoms with Gasteiger partial charge in [0.1, 0.15) is 17.3 Å². The van der Waals surface area contributed by atoms with Crippen LogP contribution in [0, 0.1) is 6.92 Å². The van der Waals surface area contributed by atoms with E-state index in [9.17, 15) is 5.11 Å². The number of hydrogen-bond donors (Lipinski definition) is 2. The number of thiophene rings is 1. The number of nitrogens with one attached hydrogen (secondary N) is 1. The molecule has 3 heterocycles. The first-order chi connectivity index (χ1) is 14.1. The third-order valence-electron chi connectivity index (χ3n) is 5.70. The molecule has 2 N–H and O–H groups in total. The van der Waals surface area contributed by atoms with Crippen LogP contribution in [0.25, 0.3) is 26.3 Å². The molecule has 3 aromatic heterocycles. The van der Waals surface area contributed by atoms with E-state index >= 15 is 0 Å². The normalized spacial score (nSPS) is 19.7. The summed E-state index contributed by atoms with van der Waals surface area (Å²) < 4.78 is 8.57. The van der Waals surface area contributed by atoms with Crippen LogP contribution in [0.3, 0.4) is 0 Å². The van der Waals surface area contributed by atoms with Gasteiger partial charge >= 0.3 is 0 Å². The summed E-state index contributed by atoms with van der Waals surface area (Å²) >= 11 is 1.72. The third-order valence-corrected chi connectivity index (χ3v) is 6.82. The van der Waals surface area contributed by atoms with Crippen molar-refractivity contribution < 1.29 is 9.84 Å². The highest BCUT2D eigenvalue weighted by Gasteiger charge is 2.20. The Hall–Kier alpha value is -2.64. The van der Waals surface area contributed by atoms with Crippen molar-refractivity contribution in [3.8, 4) is 16.3 Å². The average Bonchev–Trinajstić information content (AvgIpc) is 3.32. The number of aromatic nitrogens is 3. The van der Waals surface area contributed by atoms with Gasteiger partial charge in [-0.25, -0.2) is 9.50 Å². The number of aliphatic hydroxyl groups excluding tert-OH is 1. The first-order valence-corrected chi connectivity index (χ1v) is 10.8. The van der Waals surface area contributed by atoms with Gasteiger partial charge in [0, 0.05) is 10.7 Å².